The first-order valence-corrected chi connectivity index (χ1v) is 8.64. The Bertz CT molecular complexity index is 543. The van der Waals surface area contributed by atoms with Crippen molar-refractivity contribution in [2.45, 2.75) is 39.0 Å². The van der Waals surface area contributed by atoms with Crippen LogP contribution in [-0.2, 0) is 0 Å². The predicted octanol–water partition coefficient (Wildman–Crippen LogP) is 3.62. The zero-order valence-corrected chi connectivity index (χ0v) is 13.6. The molecule has 0 N–H and O–H groups in total. The van der Waals surface area contributed by atoms with Crippen molar-refractivity contribution in [1.29, 1.82) is 0 Å². The topological polar surface area (TPSA) is 29.8 Å². The van der Waals surface area contributed by atoms with E-state index in [2.05, 4.69) is 16.9 Å². The van der Waals surface area contributed by atoms with Crippen molar-refractivity contribution in [2.24, 2.45) is 5.92 Å². The predicted molar refractivity (Wildman–Crippen MR) is 89.4 cm³/mol. The molecule has 2 heterocycles. The highest BCUT2D eigenvalue weighted by atomic mass is 16.5. The number of hydrogen-bond acceptors (Lipinski definition) is 3. The van der Waals surface area contributed by atoms with E-state index in [0.29, 0.717) is 0 Å². The normalized spacial score (nSPS) is 14.8. The molecule has 0 amide bonds. The van der Waals surface area contributed by atoms with Gasteiger partial charge in [-0.15, -0.1) is 5.10 Å². The minimum absolute atomic E-state index is 0.731. The molecule has 2 aromatic heterocycles. The first kappa shape index (κ1) is 15.3. The van der Waals surface area contributed by atoms with E-state index in [1.165, 1.54) is 45.3 Å². The van der Waals surface area contributed by atoms with Crippen LogP contribution in [0.4, 0.5) is 0 Å². The second kappa shape index (κ2) is 7.63. The number of pyridine rings is 1. The summed E-state index contributed by atoms with van der Waals surface area (Å²) in [6.45, 7) is 6.78. The minimum atomic E-state index is 0.731. The molecule has 1 aliphatic carbocycles. The monoisotopic (exact) mass is 301 g/mol. The molecule has 0 aromatic carbocycles. The third kappa shape index (κ3) is 4.47. The first-order chi connectivity index (χ1) is 10.8. The molecule has 0 aliphatic heterocycles. The van der Waals surface area contributed by atoms with Gasteiger partial charge in [0.2, 0.25) is 5.88 Å². The lowest BCUT2D eigenvalue weighted by Crippen LogP contribution is -2.28. The second-order valence-corrected chi connectivity index (χ2v) is 6.35. The van der Waals surface area contributed by atoms with Crippen LogP contribution in [0.15, 0.2) is 30.5 Å². The van der Waals surface area contributed by atoms with Crippen molar-refractivity contribution >= 4 is 5.52 Å². The summed E-state index contributed by atoms with van der Waals surface area (Å²) in [4.78, 5) is 2.63. The van der Waals surface area contributed by atoms with E-state index in [0.717, 1.165) is 30.3 Å². The van der Waals surface area contributed by atoms with Gasteiger partial charge in [0, 0.05) is 18.8 Å². The third-order valence-corrected chi connectivity index (χ3v) is 4.22. The van der Waals surface area contributed by atoms with Gasteiger partial charge in [-0.1, -0.05) is 13.0 Å². The average molecular weight is 301 g/mol. The Morgan fingerprint density at radius 1 is 1.27 bits per heavy atom. The van der Waals surface area contributed by atoms with E-state index in [1.807, 2.05) is 35.0 Å². The molecular formula is C18H27N3O. The molecule has 2 aromatic rings. The first-order valence-electron chi connectivity index (χ1n) is 8.64. The number of nitrogens with zero attached hydrogens (tertiary/aromatic N) is 3. The molecule has 0 unspecified atom stereocenters. The van der Waals surface area contributed by atoms with Crippen molar-refractivity contribution in [1.82, 2.24) is 14.5 Å². The van der Waals surface area contributed by atoms with Gasteiger partial charge in [-0.2, -0.15) is 0 Å². The average Bonchev–Trinajstić information content (AvgIpc) is 3.23. The maximum atomic E-state index is 5.78. The molecule has 4 nitrogen and oxygen atoms in total. The van der Waals surface area contributed by atoms with Crippen LogP contribution >= 0.6 is 0 Å². The molecule has 1 aliphatic rings. The van der Waals surface area contributed by atoms with Crippen molar-refractivity contribution in [3.8, 4) is 5.88 Å². The number of unbranched alkanes of at least 4 members (excludes halogenated alkanes) is 1. The molecule has 4 heteroatoms. The molecule has 0 radical (unpaired) electrons. The number of rotatable bonds is 10. The third-order valence-electron chi connectivity index (χ3n) is 4.22. The molecule has 22 heavy (non-hydrogen) atoms. The molecule has 1 fully saturated rings. The lowest BCUT2D eigenvalue weighted by atomic mass is 10.2. The summed E-state index contributed by atoms with van der Waals surface area (Å²) in [5.41, 5.74) is 1.08. The molecule has 120 valence electrons. The smallest absolute Gasteiger partial charge is 0.233 e. The van der Waals surface area contributed by atoms with E-state index >= 15 is 0 Å². The highest BCUT2D eigenvalue weighted by molar-refractivity contribution is 5.48. The number of hydrogen-bond donors (Lipinski definition) is 0. The van der Waals surface area contributed by atoms with Gasteiger partial charge in [0.1, 0.15) is 0 Å². The van der Waals surface area contributed by atoms with Gasteiger partial charge in [-0.05, 0) is 63.2 Å². The van der Waals surface area contributed by atoms with Crippen LogP contribution in [0, 0.1) is 5.92 Å². The molecule has 0 saturated heterocycles. The summed E-state index contributed by atoms with van der Waals surface area (Å²) in [6, 6.07) is 8.03. The Morgan fingerprint density at radius 3 is 2.95 bits per heavy atom. The largest absolute Gasteiger partial charge is 0.477 e. The van der Waals surface area contributed by atoms with Crippen LogP contribution < -0.4 is 4.74 Å². The quantitative estimate of drug-likeness (QED) is 0.628. The zero-order valence-electron chi connectivity index (χ0n) is 13.6. The van der Waals surface area contributed by atoms with Crippen LogP contribution in [0.3, 0.4) is 0 Å². The van der Waals surface area contributed by atoms with E-state index in [1.54, 1.807) is 0 Å². The molecule has 0 spiro atoms. The molecular weight excluding hydrogens is 274 g/mol. The summed E-state index contributed by atoms with van der Waals surface area (Å²) in [5, 5.41) is 4.41. The van der Waals surface area contributed by atoms with Crippen molar-refractivity contribution in [2.75, 3.05) is 26.2 Å². The van der Waals surface area contributed by atoms with Gasteiger partial charge < -0.3 is 9.64 Å². The van der Waals surface area contributed by atoms with Crippen LogP contribution in [0.25, 0.3) is 5.52 Å². The van der Waals surface area contributed by atoms with E-state index in [4.69, 9.17) is 4.74 Å². The fraction of sp³-hybridized carbons (Fsp3) is 0.611. The zero-order chi connectivity index (χ0) is 15.2. The van der Waals surface area contributed by atoms with E-state index in [9.17, 15) is 0 Å². The lowest BCUT2D eigenvalue weighted by molar-refractivity contribution is 0.239. The SMILES string of the molecule is CCCN(CCCCOc1cc2ccccn2n1)CC1CC1. The molecule has 1 saturated carbocycles. The van der Waals surface area contributed by atoms with Gasteiger partial charge in [-0.3, -0.25) is 0 Å². The molecule has 0 atom stereocenters. The van der Waals surface area contributed by atoms with Gasteiger partial charge in [0.05, 0.1) is 12.1 Å². The highest BCUT2D eigenvalue weighted by Crippen LogP contribution is 2.29. The summed E-state index contributed by atoms with van der Waals surface area (Å²) in [5.74, 6) is 1.72. The summed E-state index contributed by atoms with van der Waals surface area (Å²) in [6.07, 6.45) is 8.39. The summed E-state index contributed by atoms with van der Waals surface area (Å²) in [7, 11) is 0. The minimum Gasteiger partial charge on any atom is -0.477 e. The summed E-state index contributed by atoms with van der Waals surface area (Å²) >= 11 is 0. The summed E-state index contributed by atoms with van der Waals surface area (Å²) < 4.78 is 7.63. The van der Waals surface area contributed by atoms with Gasteiger partial charge in [-0.25, -0.2) is 4.52 Å². The fourth-order valence-corrected chi connectivity index (χ4v) is 2.88. The number of fused-ring (bicyclic) bond motifs is 1. The van der Waals surface area contributed by atoms with Crippen molar-refractivity contribution < 1.29 is 4.74 Å². The van der Waals surface area contributed by atoms with Gasteiger partial charge >= 0.3 is 0 Å². The van der Waals surface area contributed by atoms with Crippen LogP contribution in [0.2, 0.25) is 0 Å². The number of aromatic nitrogens is 2. The molecule has 0 bridgehead atoms. The second-order valence-electron chi connectivity index (χ2n) is 6.35. The maximum absolute atomic E-state index is 5.78. The van der Waals surface area contributed by atoms with Crippen LogP contribution in [-0.4, -0.2) is 40.8 Å². The maximum Gasteiger partial charge on any atom is 0.233 e. The Balaban J connectivity index is 1.35. The van der Waals surface area contributed by atoms with Crippen molar-refractivity contribution in [3.63, 3.8) is 0 Å². The Hall–Kier alpha value is -1.55. The Kier molecular flexibility index (Phi) is 5.33. The standard InChI is InChI=1S/C18H27N3O/c1-2-10-20(15-16-8-9-16)11-5-6-13-22-18-14-17-7-3-4-12-21(17)19-18/h3-4,7,12,14,16H,2,5-6,8-11,13,15H2,1H3. The molecule has 3 rings (SSSR count). The van der Waals surface area contributed by atoms with Crippen LogP contribution in [0.1, 0.15) is 39.0 Å². The van der Waals surface area contributed by atoms with Crippen molar-refractivity contribution in [3.05, 3.63) is 30.5 Å². The fourth-order valence-electron chi connectivity index (χ4n) is 2.88. The Labute approximate surface area is 133 Å². The highest BCUT2D eigenvalue weighted by Gasteiger charge is 2.23. The van der Waals surface area contributed by atoms with Gasteiger partial charge in [0.25, 0.3) is 0 Å². The van der Waals surface area contributed by atoms with E-state index in [-0.39, 0.29) is 0 Å². The lowest BCUT2D eigenvalue weighted by Gasteiger charge is -2.21. The van der Waals surface area contributed by atoms with Crippen LogP contribution in [0.5, 0.6) is 5.88 Å². The Morgan fingerprint density at radius 2 is 2.18 bits per heavy atom. The number of ether oxygens (including phenoxy) is 1. The van der Waals surface area contributed by atoms with E-state index < -0.39 is 0 Å². The van der Waals surface area contributed by atoms with Gasteiger partial charge in [0.15, 0.2) is 0 Å².